The van der Waals surface area contributed by atoms with Gasteiger partial charge in [-0.15, -0.1) is 0 Å². The Hall–Kier alpha value is -0.0900. The largest absolute Gasteiger partial charge is 0.365 e. The summed E-state index contributed by atoms with van der Waals surface area (Å²) in [6.07, 6.45) is 2.27. The lowest BCUT2D eigenvalue weighted by Crippen LogP contribution is -1.94. The van der Waals surface area contributed by atoms with Crippen LogP contribution in [0.1, 0.15) is 26.0 Å². The molecule has 0 aliphatic carbocycles. The molecule has 4 heteroatoms. The van der Waals surface area contributed by atoms with Crippen LogP contribution in [0.4, 0.5) is 5.13 Å². The van der Waals surface area contributed by atoms with Gasteiger partial charge in [-0.3, -0.25) is 0 Å². The number of nitrogens with zero attached hydrogens (tertiary/aromatic N) is 1. The van der Waals surface area contributed by atoms with Crippen molar-refractivity contribution in [1.82, 2.24) is 4.98 Å². The Morgan fingerprint density at radius 2 is 2.23 bits per heavy atom. The van der Waals surface area contributed by atoms with Crippen molar-refractivity contribution >= 4 is 32.4 Å². The van der Waals surface area contributed by atoms with E-state index in [-0.39, 0.29) is 0 Å². The minimum Gasteiger partial charge on any atom is -0.365 e. The molecule has 0 spiro atoms. The molecule has 1 heterocycles. The molecule has 0 aromatic carbocycles. The van der Waals surface area contributed by atoms with E-state index in [9.17, 15) is 0 Å². The third-order valence-corrected chi connectivity index (χ3v) is 3.67. The number of hydrogen-bond acceptors (Lipinski definition) is 3. The molecule has 1 N–H and O–H groups in total. The van der Waals surface area contributed by atoms with Gasteiger partial charge >= 0.3 is 0 Å². The summed E-state index contributed by atoms with van der Waals surface area (Å²) in [7, 11) is 1.90. The first-order valence-corrected chi connectivity index (χ1v) is 6.07. The van der Waals surface area contributed by atoms with Gasteiger partial charge in [-0.25, -0.2) is 4.98 Å². The molecule has 0 aliphatic heterocycles. The molecule has 0 saturated heterocycles. The van der Waals surface area contributed by atoms with Crippen molar-refractivity contribution in [1.29, 1.82) is 0 Å². The maximum Gasteiger partial charge on any atom is 0.183 e. The van der Waals surface area contributed by atoms with Gasteiger partial charge in [0.2, 0.25) is 0 Å². The van der Waals surface area contributed by atoms with Crippen LogP contribution in [-0.2, 0) is 6.42 Å². The first-order chi connectivity index (χ1) is 6.13. The van der Waals surface area contributed by atoms with Crippen LogP contribution in [0.15, 0.2) is 3.79 Å². The molecule has 2 nitrogen and oxygen atoms in total. The molecule has 0 amide bonds. The molecule has 0 radical (unpaired) electrons. The van der Waals surface area contributed by atoms with E-state index in [4.69, 9.17) is 0 Å². The number of anilines is 1. The lowest BCUT2D eigenvalue weighted by atomic mass is 10.1. The fourth-order valence-electron chi connectivity index (χ4n) is 1.02. The van der Waals surface area contributed by atoms with Crippen molar-refractivity contribution in [2.24, 2.45) is 5.92 Å². The molecule has 13 heavy (non-hydrogen) atoms. The van der Waals surface area contributed by atoms with Crippen molar-refractivity contribution in [3.05, 3.63) is 9.48 Å². The van der Waals surface area contributed by atoms with Gasteiger partial charge < -0.3 is 5.32 Å². The highest BCUT2D eigenvalue weighted by atomic mass is 79.9. The van der Waals surface area contributed by atoms with Gasteiger partial charge in [0.1, 0.15) is 0 Å². The Bertz CT molecular complexity index is 271. The summed E-state index contributed by atoms with van der Waals surface area (Å²) in [5.41, 5.74) is 1.18. The van der Waals surface area contributed by atoms with Crippen molar-refractivity contribution in [3.63, 3.8) is 0 Å². The van der Waals surface area contributed by atoms with E-state index in [0.717, 1.165) is 21.3 Å². The van der Waals surface area contributed by atoms with Crippen LogP contribution in [-0.4, -0.2) is 12.0 Å². The summed E-state index contributed by atoms with van der Waals surface area (Å²) < 4.78 is 1.16. The van der Waals surface area contributed by atoms with Gasteiger partial charge in [0, 0.05) is 7.05 Å². The topological polar surface area (TPSA) is 24.9 Å². The van der Waals surface area contributed by atoms with Crippen molar-refractivity contribution in [2.75, 3.05) is 12.4 Å². The molecule has 74 valence electrons. The minimum atomic E-state index is 0.742. The zero-order chi connectivity index (χ0) is 9.84. The maximum absolute atomic E-state index is 4.46. The summed E-state index contributed by atoms with van der Waals surface area (Å²) in [5, 5.41) is 4.04. The van der Waals surface area contributed by atoms with E-state index in [2.05, 4.69) is 40.1 Å². The van der Waals surface area contributed by atoms with E-state index in [1.165, 1.54) is 12.1 Å². The predicted molar refractivity (Wildman–Crippen MR) is 62.5 cm³/mol. The third kappa shape index (κ3) is 3.27. The number of thiazole rings is 1. The van der Waals surface area contributed by atoms with E-state index >= 15 is 0 Å². The number of nitrogens with one attached hydrogen (secondary N) is 1. The van der Waals surface area contributed by atoms with Crippen molar-refractivity contribution in [2.45, 2.75) is 26.7 Å². The summed E-state index contributed by atoms with van der Waals surface area (Å²) in [4.78, 5) is 4.46. The van der Waals surface area contributed by atoms with Crippen LogP contribution in [0.5, 0.6) is 0 Å². The van der Waals surface area contributed by atoms with Crippen LogP contribution < -0.4 is 5.32 Å². The van der Waals surface area contributed by atoms with Gasteiger partial charge in [0.05, 0.1) is 9.48 Å². The van der Waals surface area contributed by atoms with E-state index in [1.807, 2.05) is 7.05 Å². The Kier molecular flexibility index (Phi) is 4.19. The standard InChI is InChI=1S/C9H15BrN2S/c1-6(2)4-5-7-8(10)13-9(11-3)12-7/h6H,4-5H2,1-3H3,(H,11,12). The van der Waals surface area contributed by atoms with Gasteiger partial charge in [0.15, 0.2) is 5.13 Å². The maximum atomic E-state index is 4.46. The Morgan fingerprint density at radius 3 is 2.69 bits per heavy atom. The van der Waals surface area contributed by atoms with E-state index in [1.54, 1.807) is 11.3 Å². The molecule has 0 bridgehead atoms. The average Bonchev–Trinajstić information content (AvgIpc) is 2.43. The molecule has 0 unspecified atom stereocenters. The number of rotatable bonds is 4. The number of aromatic nitrogens is 1. The third-order valence-electron chi connectivity index (χ3n) is 1.82. The monoisotopic (exact) mass is 262 g/mol. The molecule has 0 saturated carbocycles. The molecule has 0 aliphatic rings. The zero-order valence-electron chi connectivity index (χ0n) is 8.22. The number of halogens is 1. The molecule has 1 aromatic heterocycles. The summed E-state index contributed by atoms with van der Waals surface area (Å²) >= 11 is 5.18. The molecule has 1 rings (SSSR count). The average molecular weight is 263 g/mol. The Balaban J connectivity index is 2.60. The molecular weight excluding hydrogens is 248 g/mol. The molecule has 1 aromatic rings. The van der Waals surface area contributed by atoms with E-state index in [0.29, 0.717) is 0 Å². The molecule has 0 fully saturated rings. The normalized spacial score (nSPS) is 10.8. The fourth-order valence-corrected chi connectivity index (χ4v) is 2.46. The van der Waals surface area contributed by atoms with Crippen molar-refractivity contribution < 1.29 is 0 Å². The van der Waals surface area contributed by atoms with Crippen LogP contribution in [0.25, 0.3) is 0 Å². The predicted octanol–water partition coefficient (Wildman–Crippen LogP) is 3.54. The second kappa shape index (κ2) is 4.96. The molecule has 0 atom stereocenters. The van der Waals surface area contributed by atoms with Crippen molar-refractivity contribution in [3.8, 4) is 0 Å². The quantitative estimate of drug-likeness (QED) is 0.898. The molecular formula is C9H15BrN2S. The van der Waals surface area contributed by atoms with Crippen LogP contribution in [0.2, 0.25) is 0 Å². The van der Waals surface area contributed by atoms with Crippen LogP contribution in [0, 0.1) is 5.92 Å². The van der Waals surface area contributed by atoms with Gasteiger partial charge in [-0.1, -0.05) is 25.2 Å². The highest BCUT2D eigenvalue weighted by Gasteiger charge is 2.07. The highest BCUT2D eigenvalue weighted by Crippen LogP contribution is 2.29. The zero-order valence-corrected chi connectivity index (χ0v) is 10.6. The smallest absolute Gasteiger partial charge is 0.183 e. The van der Waals surface area contributed by atoms with Gasteiger partial charge in [-0.2, -0.15) is 0 Å². The van der Waals surface area contributed by atoms with Gasteiger partial charge in [-0.05, 0) is 34.7 Å². The SMILES string of the molecule is CNc1nc(CCC(C)C)c(Br)s1. The fraction of sp³-hybridized carbons (Fsp3) is 0.667. The number of hydrogen-bond donors (Lipinski definition) is 1. The second-order valence-corrected chi connectivity index (χ2v) is 5.74. The first kappa shape index (κ1) is 11.0. The lowest BCUT2D eigenvalue weighted by Gasteiger charge is -2.01. The summed E-state index contributed by atoms with van der Waals surface area (Å²) in [6, 6.07) is 0. The Labute approximate surface area is 91.9 Å². The van der Waals surface area contributed by atoms with Crippen LogP contribution in [0.3, 0.4) is 0 Å². The minimum absolute atomic E-state index is 0.742. The number of aryl methyl sites for hydroxylation is 1. The summed E-state index contributed by atoms with van der Waals surface area (Å²) in [5.74, 6) is 0.742. The highest BCUT2D eigenvalue weighted by molar-refractivity contribution is 9.11. The van der Waals surface area contributed by atoms with Crippen LogP contribution >= 0.6 is 27.3 Å². The van der Waals surface area contributed by atoms with E-state index < -0.39 is 0 Å². The lowest BCUT2D eigenvalue weighted by molar-refractivity contribution is 0.582. The van der Waals surface area contributed by atoms with Gasteiger partial charge in [0.25, 0.3) is 0 Å². The first-order valence-electron chi connectivity index (χ1n) is 4.46. The Morgan fingerprint density at radius 1 is 1.54 bits per heavy atom. The summed E-state index contributed by atoms with van der Waals surface area (Å²) in [6.45, 7) is 4.47. The second-order valence-electron chi connectivity index (χ2n) is 3.42.